The lowest BCUT2D eigenvalue weighted by molar-refractivity contribution is -0.123. The number of benzene rings is 2. The quantitative estimate of drug-likeness (QED) is 0.715. The zero-order valence-corrected chi connectivity index (χ0v) is 18.3. The molecule has 2 unspecified atom stereocenters. The fourth-order valence-corrected chi connectivity index (χ4v) is 4.18. The molecule has 8 heteroatoms. The summed E-state index contributed by atoms with van der Waals surface area (Å²) in [7, 11) is 0. The number of halogens is 1. The van der Waals surface area contributed by atoms with Crippen molar-refractivity contribution in [2.75, 3.05) is 13.2 Å². The average Bonchev–Trinajstić information content (AvgIpc) is 3.00. The molecule has 4 amide bonds. The van der Waals surface area contributed by atoms with Crippen molar-refractivity contribution in [2.24, 2.45) is 0 Å². The summed E-state index contributed by atoms with van der Waals surface area (Å²) in [6, 6.07) is 13.7. The lowest BCUT2D eigenvalue weighted by Crippen LogP contribution is -2.56. The van der Waals surface area contributed by atoms with Crippen LogP contribution in [0.25, 0.3) is 0 Å². The number of morpholine rings is 1. The fourth-order valence-electron chi connectivity index (χ4n) is 3.98. The molecule has 162 valence electrons. The predicted molar refractivity (Wildman–Crippen MR) is 116 cm³/mol. The van der Waals surface area contributed by atoms with Crippen molar-refractivity contribution >= 4 is 29.4 Å². The number of rotatable bonds is 3. The molecule has 0 saturated carbocycles. The van der Waals surface area contributed by atoms with Crippen LogP contribution in [0.5, 0.6) is 0 Å². The highest BCUT2D eigenvalue weighted by molar-refractivity contribution is 6.30. The Kier molecular flexibility index (Phi) is 5.27. The molecule has 2 aliphatic heterocycles. The van der Waals surface area contributed by atoms with Crippen LogP contribution in [0.1, 0.15) is 48.4 Å². The molecule has 2 N–H and O–H groups in total. The molecule has 0 radical (unpaired) electrons. The summed E-state index contributed by atoms with van der Waals surface area (Å²) in [5.74, 6) is -0.620. The van der Waals surface area contributed by atoms with Gasteiger partial charge in [0, 0.05) is 10.6 Å². The van der Waals surface area contributed by atoms with E-state index >= 15 is 0 Å². The van der Waals surface area contributed by atoms with E-state index < -0.39 is 23.0 Å². The van der Waals surface area contributed by atoms with Crippen molar-refractivity contribution in [3.63, 3.8) is 0 Å². The molecule has 2 aromatic rings. The van der Waals surface area contributed by atoms with Gasteiger partial charge in [0.25, 0.3) is 11.8 Å². The normalized spacial score (nSPS) is 25.2. The summed E-state index contributed by atoms with van der Waals surface area (Å²) in [5.41, 5.74) is 0.140. The monoisotopic (exact) mass is 441 g/mol. The van der Waals surface area contributed by atoms with E-state index in [9.17, 15) is 14.4 Å². The van der Waals surface area contributed by atoms with E-state index in [1.54, 1.807) is 42.2 Å². The second-order valence-electron chi connectivity index (χ2n) is 8.70. The predicted octanol–water partition coefficient (Wildman–Crippen LogP) is 3.39. The number of imide groups is 1. The Morgan fingerprint density at radius 3 is 2.55 bits per heavy atom. The Morgan fingerprint density at radius 1 is 1.13 bits per heavy atom. The van der Waals surface area contributed by atoms with Crippen LogP contribution in [0.3, 0.4) is 0 Å². The van der Waals surface area contributed by atoms with Crippen LogP contribution in [0.2, 0.25) is 5.02 Å². The number of nitrogens with one attached hydrogen (secondary N) is 2. The van der Waals surface area contributed by atoms with Gasteiger partial charge in [0.05, 0.1) is 18.7 Å². The van der Waals surface area contributed by atoms with Gasteiger partial charge in [-0.3, -0.25) is 14.9 Å². The van der Waals surface area contributed by atoms with Gasteiger partial charge in [-0.15, -0.1) is 0 Å². The van der Waals surface area contributed by atoms with Crippen molar-refractivity contribution in [1.29, 1.82) is 0 Å². The van der Waals surface area contributed by atoms with Gasteiger partial charge in [0.2, 0.25) is 0 Å². The van der Waals surface area contributed by atoms with E-state index in [4.69, 9.17) is 16.3 Å². The molecule has 31 heavy (non-hydrogen) atoms. The summed E-state index contributed by atoms with van der Waals surface area (Å²) in [6.07, 6.45) is -0.295. The zero-order valence-electron chi connectivity index (χ0n) is 17.6. The maximum absolute atomic E-state index is 13.5. The van der Waals surface area contributed by atoms with E-state index in [0.717, 1.165) is 5.56 Å². The second-order valence-corrected chi connectivity index (χ2v) is 9.13. The molecule has 0 aromatic heterocycles. The molecule has 0 aliphatic carbocycles. The summed E-state index contributed by atoms with van der Waals surface area (Å²) < 4.78 is 6.04. The van der Waals surface area contributed by atoms with Crippen molar-refractivity contribution in [3.05, 3.63) is 70.2 Å². The number of amides is 4. The number of carbonyl (C=O) groups is 3. The lowest BCUT2D eigenvalue weighted by atomic mass is 9.90. The smallest absolute Gasteiger partial charge is 0.322 e. The molecule has 0 spiro atoms. The molecule has 0 bridgehead atoms. The first-order valence-corrected chi connectivity index (χ1v) is 10.4. The lowest BCUT2D eigenvalue weighted by Gasteiger charge is -2.45. The molecular formula is C23H24ClN3O4. The zero-order chi connectivity index (χ0) is 22.4. The largest absolute Gasteiger partial charge is 0.369 e. The summed E-state index contributed by atoms with van der Waals surface area (Å²) >= 11 is 6.13. The minimum absolute atomic E-state index is 0.171. The van der Waals surface area contributed by atoms with Crippen LogP contribution in [-0.2, 0) is 15.1 Å². The Labute approximate surface area is 185 Å². The van der Waals surface area contributed by atoms with E-state index in [-0.39, 0.29) is 12.0 Å². The second kappa shape index (κ2) is 7.66. The van der Waals surface area contributed by atoms with Crippen LogP contribution in [0, 0.1) is 0 Å². The number of hydrogen-bond donors (Lipinski definition) is 2. The van der Waals surface area contributed by atoms with Crippen LogP contribution in [0.15, 0.2) is 48.5 Å². The van der Waals surface area contributed by atoms with Crippen LogP contribution < -0.4 is 10.6 Å². The molecule has 7 nitrogen and oxygen atoms in total. The summed E-state index contributed by atoms with van der Waals surface area (Å²) in [4.78, 5) is 39.3. The number of nitrogens with zero attached hydrogens (tertiary/aromatic N) is 1. The van der Waals surface area contributed by atoms with E-state index in [1.807, 2.05) is 32.0 Å². The van der Waals surface area contributed by atoms with Crippen LogP contribution >= 0.6 is 11.6 Å². The highest BCUT2D eigenvalue weighted by Gasteiger charge is 2.44. The van der Waals surface area contributed by atoms with Gasteiger partial charge in [-0.1, -0.05) is 35.9 Å². The van der Waals surface area contributed by atoms with Gasteiger partial charge in [-0.2, -0.15) is 0 Å². The van der Waals surface area contributed by atoms with Crippen molar-refractivity contribution < 1.29 is 19.1 Å². The van der Waals surface area contributed by atoms with Crippen molar-refractivity contribution in [1.82, 2.24) is 15.5 Å². The standard InChI is InChI=1S/C23H24ClN3O4/c1-22(2)13-31-18(14-6-5-9-17(24)11-14)12-27(22)19(28)15-7-4-8-16(10-15)23(3)20(29)25-21(30)26-23/h4-11,18H,12-13H2,1-3H3,(H2,25,26,29,30). The first kappa shape index (κ1) is 21.3. The first-order valence-electron chi connectivity index (χ1n) is 10.0. The van der Waals surface area contributed by atoms with E-state index in [0.29, 0.717) is 29.3 Å². The third kappa shape index (κ3) is 3.91. The maximum Gasteiger partial charge on any atom is 0.322 e. The van der Waals surface area contributed by atoms with E-state index in [1.165, 1.54) is 0 Å². The van der Waals surface area contributed by atoms with Crippen LogP contribution in [0.4, 0.5) is 4.79 Å². The summed E-state index contributed by atoms with van der Waals surface area (Å²) in [5, 5.41) is 5.50. The molecule has 2 aliphatic rings. The number of carbonyl (C=O) groups excluding carboxylic acids is 3. The molecular weight excluding hydrogens is 418 g/mol. The summed E-state index contributed by atoms with van der Waals surface area (Å²) in [6.45, 7) is 6.26. The minimum atomic E-state index is -1.22. The minimum Gasteiger partial charge on any atom is -0.369 e. The highest BCUT2D eigenvalue weighted by atomic mass is 35.5. The third-order valence-electron chi connectivity index (χ3n) is 5.91. The van der Waals surface area contributed by atoms with Gasteiger partial charge in [-0.25, -0.2) is 4.79 Å². The maximum atomic E-state index is 13.5. The first-order chi connectivity index (χ1) is 14.6. The highest BCUT2D eigenvalue weighted by Crippen LogP contribution is 2.33. The van der Waals surface area contributed by atoms with Gasteiger partial charge < -0.3 is 15.0 Å². The molecule has 2 saturated heterocycles. The Morgan fingerprint density at radius 2 is 1.87 bits per heavy atom. The Bertz CT molecular complexity index is 1070. The fraction of sp³-hybridized carbons (Fsp3) is 0.348. The topological polar surface area (TPSA) is 87.7 Å². The number of ether oxygens (including phenoxy) is 1. The molecule has 4 rings (SSSR count). The SMILES string of the molecule is CC1(c2cccc(C(=O)N3CC(c4cccc(Cl)c4)OCC3(C)C)c2)NC(=O)NC1=O. The molecule has 2 fully saturated rings. The van der Waals surface area contributed by atoms with Gasteiger partial charge in [-0.05, 0) is 56.2 Å². The van der Waals surface area contributed by atoms with Crippen molar-refractivity contribution in [3.8, 4) is 0 Å². The number of hydrogen-bond acceptors (Lipinski definition) is 4. The molecule has 2 heterocycles. The average molecular weight is 442 g/mol. The van der Waals surface area contributed by atoms with E-state index in [2.05, 4.69) is 10.6 Å². The van der Waals surface area contributed by atoms with Gasteiger partial charge in [0.15, 0.2) is 0 Å². The molecule has 2 aromatic carbocycles. The third-order valence-corrected chi connectivity index (χ3v) is 6.15. The van der Waals surface area contributed by atoms with Gasteiger partial charge >= 0.3 is 6.03 Å². The van der Waals surface area contributed by atoms with Gasteiger partial charge in [0.1, 0.15) is 11.6 Å². The number of urea groups is 1. The Hall–Kier alpha value is -2.90. The van der Waals surface area contributed by atoms with Crippen LogP contribution in [-0.4, -0.2) is 41.4 Å². The molecule has 2 atom stereocenters. The Balaban J connectivity index is 1.63. The van der Waals surface area contributed by atoms with Crippen molar-refractivity contribution in [2.45, 2.75) is 38.0 Å².